The van der Waals surface area contributed by atoms with Crippen LogP contribution in [0.15, 0.2) is 62.2 Å². The third-order valence-electron chi connectivity index (χ3n) is 7.20. The van der Waals surface area contributed by atoms with Gasteiger partial charge in [-0.25, -0.2) is 14.4 Å². The SMILES string of the molecule is C=CC(=O)OCCOCC(COCCOC(=O)C=C)(COCCOC(=O)C=C)COCCOC(=O)CCN(C)CCN(C)C(=O)c1ccc(C)cc1. The molecule has 0 aliphatic heterocycles. The standard InChI is InChI=1S/C37H54N2O13/c1-7-32(40)49-22-18-45-26-37(27-46-19-23-50-33(41)8-2,28-47-20-24-51-34(42)9-3)29-48-21-25-52-35(43)14-15-38(5)16-17-39(6)36(44)31-12-10-30(4)11-13-31/h7-13H,1-3,14-29H2,4-6H3. The van der Waals surface area contributed by atoms with E-state index in [4.69, 9.17) is 37.9 Å². The Hall–Kier alpha value is -4.41. The number of hydrogen-bond donors (Lipinski definition) is 0. The van der Waals surface area contributed by atoms with Crippen LogP contribution >= 0.6 is 0 Å². The van der Waals surface area contributed by atoms with Crippen LogP contribution in [0.3, 0.4) is 0 Å². The Balaban J connectivity index is 2.64. The van der Waals surface area contributed by atoms with Gasteiger partial charge in [-0.2, -0.15) is 0 Å². The minimum absolute atomic E-state index is 0.0124. The van der Waals surface area contributed by atoms with Gasteiger partial charge in [0.25, 0.3) is 5.91 Å². The average Bonchev–Trinajstić information content (AvgIpc) is 3.14. The molecule has 0 unspecified atom stereocenters. The van der Waals surface area contributed by atoms with Gasteiger partial charge in [0.2, 0.25) is 0 Å². The van der Waals surface area contributed by atoms with Gasteiger partial charge in [-0.3, -0.25) is 9.59 Å². The summed E-state index contributed by atoms with van der Waals surface area (Å²) >= 11 is 0. The zero-order chi connectivity index (χ0) is 38.6. The van der Waals surface area contributed by atoms with E-state index < -0.39 is 29.3 Å². The molecule has 0 bridgehead atoms. The van der Waals surface area contributed by atoms with E-state index >= 15 is 0 Å². The van der Waals surface area contributed by atoms with Gasteiger partial charge in [0.1, 0.15) is 26.4 Å². The van der Waals surface area contributed by atoms with Crippen molar-refractivity contribution in [2.24, 2.45) is 5.41 Å². The van der Waals surface area contributed by atoms with Gasteiger partial charge in [-0.15, -0.1) is 0 Å². The molecule has 1 amide bonds. The van der Waals surface area contributed by atoms with Crippen molar-refractivity contribution in [3.8, 4) is 0 Å². The Morgan fingerprint density at radius 3 is 1.40 bits per heavy atom. The average molecular weight is 735 g/mol. The first-order valence-electron chi connectivity index (χ1n) is 16.8. The number of benzene rings is 1. The fourth-order valence-corrected chi connectivity index (χ4v) is 4.20. The molecule has 1 rings (SSSR count). The molecule has 1 aromatic rings. The molecule has 290 valence electrons. The van der Waals surface area contributed by atoms with Crippen LogP contribution in [0.4, 0.5) is 0 Å². The summed E-state index contributed by atoms with van der Waals surface area (Å²) in [4.78, 5) is 62.8. The molecule has 0 saturated heterocycles. The van der Waals surface area contributed by atoms with Crippen LogP contribution in [0.1, 0.15) is 22.3 Å². The highest BCUT2D eigenvalue weighted by molar-refractivity contribution is 5.94. The number of ether oxygens (including phenoxy) is 8. The van der Waals surface area contributed by atoms with Crippen LogP contribution in [0, 0.1) is 12.3 Å². The number of likely N-dealkylation sites (N-methyl/N-ethyl adjacent to an activating group) is 2. The second kappa shape index (κ2) is 27.3. The van der Waals surface area contributed by atoms with E-state index in [-0.39, 0.29) is 91.6 Å². The second-order valence-electron chi connectivity index (χ2n) is 11.7. The maximum atomic E-state index is 12.6. The molecule has 0 atom stereocenters. The zero-order valence-electron chi connectivity index (χ0n) is 30.7. The first kappa shape index (κ1) is 45.6. The number of amides is 1. The molecule has 0 radical (unpaired) electrons. The van der Waals surface area contributed by atoms with Gasteiger partial charge in [0, 0.05) is 50.5 Å². The smallest absolute Gasteiger partial charge is 0.330 e. The maximum absolute atomic E-state index is 12.6. The van der Waals surface area contributed by atoms with Crippen molar-refractivity contribution >= 4 is 29.8 Å². The molecule has 52 heavy (non-hydrogen) atoms. The first-order valence-corrected chi connectivity index (χ1v) is 16.8. The lowest BCUT2D eigenvalue weighted by Gasteiger charge is -2.33. The van der Waals surface area contributed by atoms with Crippen LogP contribution in [0.25, 0.3) is 0 Å². The summed E-state index contributed by atoms with van der Waals surface area (Å²) in [6.45, 7) is 13.8. The van der Waals surface area contributed by atoms with Gasteiger partial charge in [0.15, 0.2) is 0 Å². The second-order valence-corrected chi connectivity index (χ2v) is 11.7. The van der Waals surface area contributed by atoms with E-state index in [2.05, 4.69) is 19.7 Å². The summed E-state index contributed by atoms with van der Waals surface area (Å²) in [7, 11) is 3.61. The lowest BCUT2D eigenvalue weighted by molar-refractivity contribution is -0.149. The normalized spacial score (nSPS) is 11.0. The third kappa shape index (κ3) is 21.1. The van der Waals surface area contributed by atoms with Crippen LogP contribution in [0.2, 0.25) is 0 Å². The van der Waals surface area contributed by atoms with Gasteiger partial charge in [-0.05, 0) is 26.1 Å². The van der Waals surface area contributed by atoms with Crippen LogP contribution in [0.5, 0.6) is 0 Å². The summed E-state index contributed by atoms with van der Waals surface area (Å²) in [6, 6.07) is 7.40. The fourth-order valence-electron chi connectivity index (χ4n) is 4.20. The molecule has 15 heteroatoms. The summed E-state index contributed by atoms with van der Waals surface area (Å²) in [5, 5.41) is 0. The monoisotopic (exact) mass is 734 g/mol. The molecule has 0 aliphatic rings. The van der Waals surface area contributed by atoms with E-state index in [1.165, 1.54) is 0 Å². The van der Waals surface area contributed by atoms with E-state index in [1.54, 1.807) is 24.1 Å². The lowest BCUT2D eigenvalue weighted by atomic mass is 9.92. The molecule has 0 heterocycles. The Labute approximate surface area is 306 Å². The number of carbonyl (C=O) groups excluding carboxylic acids is 5. The Bertz CT molecular complexity index is 1190. The summed E-state index contributed by atoms with van der Waals surface area (Å²) < 4.78 is 43.5. The fraction of sp³-hybridized carbons (Fsp3) is 0.541. The number of carbonyl (C=O) groups is 5. The minimum atomic E-state index is -0.923. The highest BCUT2D eigenvalue weighted by atomic mass is 16.6. The highest BCUT2D eigenvalue weighted by Gasteiger charge is 2.33. The van der Waals surface area contributed by atoms with Crippen LogP contribution in [-0.4, -0.2) is 153 Å². The molecular formula is C37H54N2O13. The third-order valence-corrected chi connectivity index (χ3v) is 7.20. The topological polar surface area (TPSA) is 166 Å². The minimum Gasteiger partial charge on any atom is -0.463 e. The summed E-state index contributed by atoms with van der Waals surface area (Å²) in [6.07, 6.45) is 3.27. The van der Waals surface area contributed by atoms with E-state index in [0.29, 0.717) is 25.2 Å². The predicted molar refractivity (Wildman–Crippen MR) is 190 cm³/mol. The molecular weight excluding hydrogens is 680 g/mol. The number of rotatable bonds is 30. The molecule has 0 saturated carbocycles. The Morgan fingerprint density at radius 1 is 0.596 bits per heavy atom. The molecule has 0 aromatic heterocycles. The number of esters is 4. The van der Waals surface area contributed by atoms with Crippen molar-refractivity contribution in [3.63, 3.8) is 0 Å². The first-order chi connectivity index (χ1) is 24.9. The number of aryl methyl sites for hydroxylation is 1. The maximum Gasteiger partial charge on any atom is 0.330 e. The van der Waals surface area contributed by atoms with Crippen molar-refractivity contribution in [1.82, 2.24) is 9.80 Å². The van der Waals surface area contributed by atoms with Gasteiger partial charge >= 0.3 is 23.9 Å². The van der Waals surface area contributed by atoms with Crippen molar-refractivity contribution in [2.75, 3.05) is 113 Å². The van der Waals surface area contributed by atoms with E-state index in [0.717, 1.165) is 23.8 Å². The quantitative estimate of drug-likeness (QED) is 0.0489. The Morgan fingerprint density at radius 2 is 1.00 bits per heavy atom. The van der Waals surface area contributed by atoms with Crippen molar-refractivity contribution < 1.29 is 61.9 Å². The van der Waals surface area contributed by atoms with E-state index in [9.17, 15) is 24.0 Å². The Kier molecular flexibility index (Phi) is 23.9. The van der Waals surface area contributed by atoms with Crippen LogP contribution < -0.4 is 0 Å². The largest absolute Gasteiger partial charge is 0.463 e. The predicted octanol–water partition coefficient (Wildman–Crippen LogP) is 2.17. The van der Waals surface area contributed by atoms with E-state index in [1.807, 2.05) is 31.0 Å². The van der Waals surface area contributed by atoms with Crippen molar-refractivity contribution in [3.05, 3.63) is 73.4 Å². The highest BCUT2D eigenvalue weighted by Crippen LogP contribution is 2.21. The summed E-state index contributed by atoms with van der Waals surface area (Å²) in [5.41, 5.74) is 0.779. The van der Waals surface area contributed by atoms with Crippen molar-refractivity contribution in [2.45, 2.75) is 13.3 Å². The zero-order valence-corrected chi connectivity index (χ0v) is 30.7. The molecule has 15 nitrogen and oxygen atoms in total. The molecule has 0 N–H and O–H groups in total. The molecule has 0 spiro atoms. The molecule has 0 aliphatic carbocycles. The lowest BCUT2D eigenvalue weighted by Crippen LogP contribution is -2.43. The van der Waals surface area contributed by atoms with Gasteiger partial charge in [0.05, 0.1) is 64.7 Å². The number of hydrogen-bond acceptors (Lipinski definition) is 14. The van der Waals surface area contributed by atoms with Gasteiger partial charge in [-0.1, -0.05) is 37.4 Å². The summed E-state index contributed by atoms with van der Waals surface area (Å²) in [5.74, 6) is -2.25. The molecule has 0 fully saturated rings. The van der Waals surface area contributed by atoms with Crippen LogP contribution in [-0.2, 0) is 57.1 Å². The van der Waals surface area contributed by atoms with Gasteiger partial charge < -0.3 is 47.7 Å². The molecule has 1 aromatic carbocycles. The number of nitrogens with zero attached hydrogens (tertiary/aromatic N) is 2. The van der Waals surface area contributed by atoms with Crippen molar-refractivity contribution in [1.29, 1.82) is 0 Å².